The predicted molar refractivity (Wildman–Crippen MR) is 62.1 cm³/mol. The molecule has 0 aliphatic rings. The maximum Gasteiger partial charge on any atom is 0.365 e. The Labute approximate surface area is 100 Å². The fourth-order valence-corrected chi connectivity index (χ4v) is 2.76. The highest BCUT2D eigenvalue weighted by Crippen LogP contribution is 2.27. The first-order valence-corrected chi connectivity index (χ1v) is 6.38. The molecule has 2 aromatic heterocycles. The molecule has 0 saturated heterocycles. The molecule has 0 aliphatic carbocycles. The first kappa shape index (κ1) is 11.2. The van der Waals surface area contributed by atoms with E-state index in [0.717, 1.165) is 27.7 Å². The number of carbonyl (C=O) groups is 1. The van der Waals surface area contributed by atoms with E-state index >= 15 is 0 Å². The summed E-state index contributed by atoms with van der Waals surface area (Å²) in [7, 11) is 0. The topological polar surface area (TPSA) is 63.3 Å². The van der Waals surface area contributed by atoms with Gasteiger partial charge in [-0.15, -0.1) is 23.1 Å². The normalized spacial score (nSPS) is 10.6. The summed E-state index contributed by atoms with van der Waals surface area (Å²) in [5.41, 5.74) is 0.785. The minimum Gasteiger partial charge on any atom is -0.476 e. The van der Waals surface area contributed by atoms with Crippen molar-refractivity contribution >= 4 is 29.1 Å². The van der Waals surface area contributed by atoms with E-state index in [1.807, 2.05) is 13.0 Å². The summed E-state index contributed by atoms with van der Waals surface area (Å²) in [6.45, 7) is 1.89. The number of aromatic carboxylic acids is 1. The summed E-state index contributed by atoms with van der Waals surface area (Å²) in [5, 5.41) is 10.6. The van der Waals surface area contributed by atoms with Crippen LogP contribution in [0.3, 0.4) is 0 Å². The van der Waals surface area contributed by atoms with Gasteiger partial charge >= 0.3 is 5.97 Å². The molecule has 0 aromatic carbocycles. The number of rotatable bonds is 4. The number of hydrogen-bond donors (Lipinski definition) is 1. The van der Waals surface area contributed by atoms with Gasteiger partial charge in [-0.05, 0) is 13.0 Å². The summed E-state index contributed by atoms with van der Waals surface area (Å²) in [5.74, 6) is 0.559. The Kier molecular flexibility index (Phi) is 3.31. The van der Waals surface area contributed by atoms with Crippen LogP contribution in [0.25, 0.3) is 0 Å². The van der Waals surface area contributed by atoms with E-state index < -0.39 is 5.97 Å². The van der Waals surface area contributed by atoms with Gasteiger partial charge in [-0.1, -0.05) is 0 Å². The van der Waals surface area contributed by atoms with Gasteiger partial charge in [-0.25, -0.2) is 9.78 Å². The largest absolute Gasteiger partial charge is 0.476 e. The van der Waals surface area contributed by atoms with Crippen molar-refractivity contribution in [2.75, 3.05) is 0 Å². The number of aryl methyl sites for hydroxylation is 1. The number of nitrogens with zero attached hydrogens (tertiary/aromatic N) is 1. The molecule has 0 amide bonds. The van der Waals surface area contributed by atoms with Crippen molar-refractivity contribution in [3.63, 3.8) is 0 Å². The smallest absolute Gasteiger partial charge is 0.365 e. The highest BCUT2D eigenvalue weighted by Gasteiger charge is 2.09. The van der Waals surface area contributed by atoms with Crippen LogP contribution < -0.4 is 0 Å². The Morgan fingerprint density at radius 3 is 3.06 bits per heavy atom. The number of thiazole rings is 1. The number of hydrogen-bond acceptors (Lipinski definition) is 5. The number of carboxylic acid groups (broad SMARTS) is 1. The zero-order valence-electron chi connectivity index (χ0n) is 8.47. The molecule has 2 rings (SSSR count). The van der Waals surface area contributed by atoms with Crippen LogP contribution in [0.1, 0.15) is 21.3 Å². The molecule has 0 spiro atoms. The fraction of sp³-hybridized carbons (Fsp3) is 0.200. The molecule has 1 N–H and O–H groups in total. The molecule has 0 atom stereocenters. The lowest BCUT2D eigenvalue weighted by Gasteiger charge is -1.95. The number of aromatic nitrogens is 1. The second-order valence-electron chi connectivity index (χ2n) is 3.08. The molecule has 16 heavy (non-hydrogen) atoms. The van der Waals surface area contributed by atoms with Gasteiger partial charge in [-0.2, -0.15) is 0 Å². The van der Waals surface area contributed by atoms with E-state index in [1.165, 1.54) is 0 Å². The van der Waals surface area contributed by atoms with Gasteiger partial charge in [0.1, 0.15) is 5.76 Å². The van der Waals surface area contributed by atoms with E-state index in [4.69, 9.17) is 9.52 Å². The molecular weight excluding hydrogens is 246 g/mol. The Morgan fingerprint density at radius 2 is 2.50 bits per heavy atom. The van der Waals surface area contributed by atoms with Crippen LogP contribution >= 0.6 is 23.1 Å². The second kappa shape index (κ2) is 4.71. The summed E-state index contributed by atoms with van der Waals surface area (Å²) in [4.78, 5) is 15.7. The van der Waals surface area contributed by atoms with Crippen LogP contribution in [0.4, 0.5) is 0 Å². The highest BCUT2D eigenvalue weighted by atomic mass is 32.2. The molecule has 0 saturated carbocycles. The highest BCUT2D eigenvalue weighted by molar-refractivity contribution is 7.98. The summed E-state index contributed by atoms with van der Waals surface area (Å²) >= 11 is 2.74. The SMILES string of the molecule is Cc1occc1SCc1csc(C(=O)O)n1. The summed E-state index contributed by atoms with van der Waals surface area (Å²) in [6.07, 6.45) is 1.64. The van der Waals surface area contributed by atoms with Gasteiger partial charge in [0.05, 0.1) is 12.0 Å². The van der Waals surface area contributed by atoms with Gasteiger partial charge in [0, 0.05) is 16.0 Å². The van der Waals surface area contributed by atoms with Gasteiger partial charge in [0.25, 0.3) is 0 Å². The van der Waals surface area contributed by atoms with Crippen molar-refractivity contribution in [3.8, 4) is 0 Å². The molecule has 0 aliphatic heterocycles. The van der Waals surface area contributed by atoms with Crippen molar-refractivity contribution in [2.45, 2.75) is 17.6 Å². The van der Waals surface area contributed by atoms with Crippen LogP contribution in [0.15, 0.2) is 27.0 Å². The minimum atomic E-state index is -0.972. The molecule has 0 fully saturated rings. The van der Waals surface area contributed by atoms with Crippen molar-refractivity contribution in [3.05, 3.63) is 34.2 Å². The van der Waals surface area contributed by atoms with Crippen LogP contribution in [0, 0.1) is 6.92 Å². The average Bonchev–Trinajstić information content (AvgIpc) is 2.83. The lowest BCUT2D eigenvalue weighted by atomic mass is 10.5. The predicted octanol–water partition coefficient (Wildman–Crippen LogP) is 3.04. The molecule has 0 unspecified atom stereocenters. The third kappa shape index (κ3) is 2.45. The number of carboxylic acids is 1. The van der Waals surface area contributed by atoms with Crippen molar-refractivity contribution in [2.24, 2.45) is 0 Å². The van der Waals surface area contributed by atoms with Gasteiger partial charge < -0.3 is 9.52 Å². The van der Waals surface area contributed by atoms with Crippen LogP contribution in [0.2, 0.25) is 0 Å². The summed E-state index contributed by atoms with van der Waals surface area (Å²) < 4.78 is 5.16. The number of furan rings is 1. The molecule has 0 radical (unpaired) electrons. The Morgan fingerprint density at radius 1 is 1.69 bits per heavy atom. The zero-order chi connectivity index (χ0) is 11.5. The maximum atomic E-state index is 10.6. The average molecular weight is 255 g/mol. The number of thioether (sulfide) groups is 1. The Bertz CT molecular complexity index is 504. The lowest BCUT2D eigenvalue weighted by molar-refractivity contribution is 0.0696. The molecule has 0 bridgehead atoms. The van der Waals surface area contributed by atoms with Gasteiger partial charge in [0.15, 0.2) is 0 Å². The van der Waals surface area contributed by atoms with Crippen LogP contribution in [-0.2, 0) is 5.75 Å². The lowest BCUT2D eigenvalue weighted by Crippen LogP contribution is -1.94. The first-order valence-electron chi connectivity index (χ1n) is 4.51. The van der Waals surface area contributed by atoms with E-state index in [9.17, 15) is 4.79 Å². The van der Waals surface area contributed by atoms with Gasteiger partial charge in [0.2, 0.25) is 5.01 Å². The van der Waals surface area contributed by atoms with Crippen LogP contribution in [0.5, 0.6) is 0 Å². The van der Waals surface area contributed by atoms with Crippen molar-refractivity contribution in [1.82, 2.24) is 4.98 Å². The van der Waals surface area contributed by atoms with Crippen molar-refractivity contribution < 1.29 is 14.3 Å². The van der Waals surface area contributed by atoms with E-state index in [2.05, 4.69) is 4.98 Å². The molecule has 2 aromatic rings. The monoisotopic (exact) mass is 255 g/mol. The molecule has 6 heteroatoms. The standard InChI is InChI=1S/C10H9NO3S2/c1-6-8(2-3-14-6)15-4-7-5-16-9(11-7)10(12)13/h2-3,5H,4H2,1H3,(H,12,13). The Balaban J connectivity index is 2.00. The van der Waals surface area contributed by atoms with E-state index in [-0.39, 0.29) is 5.01 Å². The molecular formula is C10H9NO3S2. The molecule has 2 heterocycles. The van der Waals surface area contributed by atoms with E-state index in [1.54, 1.807) is 23.4 Å². The molecule has 4 nitrogen and oxygen atoms in total. The third-order valence-corrected chi connectivity index (χ3v) is 3.98. The second-order valence-corrected chi connectivity index (χ2v) is 4.95. The summed E-state index contributed by atoms with van der Waals surface area (Å²) in [6, 6.07) is 1.89. The van der Waals surface area contributed by atoms with Gasteiger partial charge in [-0.3, -0.25) is 0 Å². The maximum absolute atomic E-state index is 10.6. The van der Waals surface area contributed by atoms with E-state index in [0.29, 0.717) is 5.75 Å². The van der Waals surface area contributed by atoms with Crippen LogP contribution in [-0.4, -0.2) is 16.1 Å². The zero-order valence-corrected chi connectivity index (χ0v) is 10.1. The molecule has 84 valence electrons. The first-order chi connectivity index (χ1) is 7.66. The minimum absolute atomic E-state index is 0.138. The quantitative estimate of drug-likeness (QED) is 0.851. The fourth-order valence-electron chi connectivity index (χ4n) is 1.15. The third-order valence-electron chi connectivity index (χ3n) is 1.92. The Hall–Kier alpha value is -1.27. The van der Waals surface area contributed by atoms with Crippen molar-refractivity contribution in [1.29, 1.82) is 0 Å².